The first-order chi connectivity index (χ1) is 10.2. The van der Waals surface area contributed by atoms with Crippen molar-refractivity contribution in [1.29, 1.82) is 0 Å². The lowest BCUT2D eigenvalue weighted by atomic mass is 10.1. The highest BCUT2D eigenvalue weighted by atomic mass is 16.1. The Labute approximate surface area is 121 Å². The van der Waals surface area contributed by atoms with Gasteiger partial charge in [0.25, 0.3) is 0 Å². The maximum absolute atomic E-state index is 12.6. The quantitative estimate of drug-likeness (QED) is 0.722. The highest BCUT2D eigenvalue weighted by molar-refractivity contribution is 6.18. The standard InChI is InChI=1S/C17H14N2O2/c1-11(20)18-15-13-9-5-6-10-14(13)19-16(15)17(21)12-7-3-2-4-8-12/h2-10,19H,1H3,(H,18,20). The Bertz CT molecular complexity index is 819. The monoisotopic (exact) mass is 278 g/mol. The fourth-order valence-corrected chi connectivity index (χ4v) is 2.35. The lowest BCUT2D eigenvalue weighted by molar-refractivity contribution is -0.114. The number of aromatic amines is 1. The number of anilines is 1. The Morgan fingerprint density at radius 1 is 0.952 bits per heavy atom. The molecule has 0 aliphatic rings. The van der Waals surface area contributed by atoms with Crippen LogP contribution in [0.3, 0.4) is 0 Å². The number of aromatic nitrogens is 1. The van der Waals surface area contributed by atoms with Crippen molar-refractivity contribution in [3.8, 4) is 0 Å². The van der Waals surface area contributed by atoms with Crippen LogP contribution in [0.4, 0.5) is 5.69 Å². The first-order valence-corrected chi connectivity index (χ1v) is 6.65. The Kier molecular flexibility index (Phi) is 3.28. The van der Waals surface area contributed by atoms with Crippen molar-refractivity contribution >= 4 is 28.3 Å². The molecule has 2 N–H and O–H groups in total. The van der Waals surface area contributed by atoms with Crippen LogP contribution in [0.5, 0.6) is 0 Å². The molecule has 0 aliphatic carbocycles. The number of carbonyl (C=O) groups is 2. The van der Waals surface area contributed by atoms with Crippen LogP contribution in [0.2, 0.25) is 0 Å². The van der Waals surface area contributed by atoms with Gasteiger partial charge in [-0.15, -0.1) is 0 Å². The number of fused-ring (bicyclic) bond motifs is 1. The third kappa shape index (κ3) is 2.43. The van der Waals surface area contributed by atoms with E-state index in [9.17, 15) is 9.59 Å². The van der Waals surface area contributed by atoms with Crippen LogP contribution in [0, 0.1) is 0 Å². The molecule has 21 heavy (non-hydrogen) atoms. The zero-order valence-electron chi connectivity index (χ0n) is 11.5. The number of hydrogen-bond acceptors (Lipinski definition) is 2. The molecule has 2 aromatic carbocycles. The van der Waals surface area contributed by atoms with Gasteiger partial charge >= 0.3 is 0 Å². The van der Waals surface area contributed by atoms with Gasteiger partial charge in [-0.2, -0.15) is 0 Å². The van der Waals surface area contributed by atoms with Crippen molar-refractivity contribution in [2.75, 3.05) is 5.32 Å². The van der Waals surface area contributed by atoms with Gasteiger partial charge in [0.1, 0.15) is 5.69 Å². The molecule has 0 atom stereocenters. The maximum Gasteiger partial charge on any atom is 0.221 e. The number of para-hydroxylation sites is 1. The van der Waals surface area contributed by atoms with Crippen LogP contribution in [0.25, 0.3) is 10.9 Å². The van der Waals surface area contributed by atoms with Crippen molar-refractivity contribution in [2.45, 2.75) is 6.92 Å². The summed E-state index contributed by atoms with van der Waals surface area (Å²) in [5, 5.41) is 3.58. The van der Waals surface area contributed by atoms with Gasteiger partial charge < -0.3 is 10.3 Å². The Balaban J connectivity index is 2.17. The van der Waals surface area contributed by atoms with E-state index in [1.165, 1.54) is 6.92 Å². The lowest BCUT2D eigenvalue weighted by Gasteiger charge is -2.04. The van der Waals surface area contributed by atoms with Gasteiger partial charge in [-0.25, -0.2) is 0 Å². The number of H-pyrrole nitrogens is 1. The maximum atomic E-state index is 12.6. The van der Waals surface area contributed by atoms with Crippen LogP contribution >= 0.6 is 0 Å². The number of nitrogens with one attached hydrogen (secondary N) is 2. The number of hydrogen-bond donors (Lipinski definition) is 2. The van der Waals surface area contributed by atoms with Crippen LogP contribution in [-0.2, 0) is 4.79 Å². The van der Waals surface area contributed by atoms with Gasteiger partial charge in [-0.1, -0.05) is 48.5 Å². The van der Waals surface area contributed by atoms with Crippen molar-refractivity contribution in [2.24, 2.45) is 0 Å². The highest BCUT2D eigenvalue weighted by Crippen LogP contribution is 2.29. The normalized spacial score (nSPS) is 10.5. The van der Waals surface area contributed by atoms with Gasteiger partial charge in [0.2, 0.25) is 11.7 Å². The Hall–Kier alpha value is -2.88. The zero-order valence-corrected chi connectivity index (χ0v) is 11.5. The number of rotatable bonds is 3. The van der Waals surface area contributed by atoms with Gasteiger partial charge in [-0.05, 0) is 6.07 Å². The summed E-state index contributed by atoms with van der Waals surface area (Å²) < 4.78 is 0. The van der Waals surface area contributed by atoms with E-state index >= 15 is 0 Å². The smallest absolute Gasteiger partial charge is 0.221 e. The van der Waals surface area contributed by atoms with E-state index in [1.807, 2.05) is 42.5 Å². The molecule has 1 aromatic heterocycles. The molecule has 4 heteroatoms. The van der Waals surface area contributed by atoms with E-state index in [4.69, 9.17) is 0 Å². The number of benzene rings is 2. The predicted molar refractivity (Wildman–Crippen MR) is 82.5 cm³/mol. The van der Waals surface area contributed by atoms with Crippen LogP contribution in [0.15, 0.2) is 54.6 Å². The lowest BCUT2D eigenvalue weighted by Crippen LogP contribution is -2.11. The second-order valence-corrected chi connectivity index (χ2v) is 4.80. The van der Waals surface area contributed by atoms with Gasteiger partial charge in [-0.3, -0.25) is 9.59 Å². The van der Waals surface area contributed by atoms with Gasteiger partial charge in [0, 0.05) is 23.4 Å². The molecule has 0 saturated heterocycles. The van der Waals surface area contributed by atoms with Crippen molar-refractivity contribution in [3.05, 3.63) is 65.9 Å². The SMILES string of the molecule is CC(=O)Nc1c(C(=O)c2ccccc2)[nH]c2ccccc12. The molecule has 3 aromatic rings. The summed E-state index contributed by atoms with van der Waals surface area (Å²) in [5.41, 5.74) is 2.33. The number of amides is 1. The molecule has 104 valence electrons. The average Bonchev–Trinajstić information content (AvgIpc) is 2.86. The second kappa shape index (κ2) is 5.25. The van der Waals surface area contributed by atoms with E-state index in [0.29, 0.717) is 16.9 Å². The molecule has 0 bridgehead atoms. The van der Waals surface area contributed by atoms with Crippen LogP contribution in [0.1, 0.15) is 23.0 Å². The number of ketones is 1. The molecular weight excluding hydrogens is 264 g/mol. The first kappa shape index (κ1) is 13.1. The molecule has 3 rings (SSSR count). The van der Waals surface area contributed by atoms with Crippen LogP contribution in [-0.4, -0.2) is 16.7 Å². The van der Waals surface area contributed by atoms with Crippen molar-refractivity contribution in [1.82, 2.24) is 4.98 Å². The van der Waals surface area contributed by atoms with Crippen LogP contribution < -0.4 is 5.32 Å². The molecule has 0 unspecified atom stereocenters. The molecule has 4 nitrogen and oxygen atoms in total. The van der Waals surface area contributed by atoms with E-state index in [1.54, 1.807) is 12.1 Å². The Morgan fingerprint density at radius 2 is 1.62 bits per heavy atom. The predicted octanol–water partition coefficient (Wildman–Crippen LogP) is 3.36. The van der Waals surface area contributed by atoms with Gasteiger partial charge in [0.15, 0.2) is 0 Å². The van der Waals surface area contributed by atoms with E-state index in [0.717, 1.165) is 10.9 Å². The third-order valence-corrected chi connectivity index (χ3v) is 3.27. The minimum Gasteiger partial charge on any atom is -0.350 e. The van der Waals surface area contributed by atoms with E-state index < -0.39 is 0 Å². The summed E-state index contributed by atoms with van der Waals surface area (Å²) in [5.74, 6) is -0.350. The fraction of sp³-hybridized carbons (Fsp3) is 0.0588. The number of carbonyl (C=O) groups excluding carboxylic acids is 2. The topological polar surface area (TPSA) is 62.0 Å². The van der Waals surface area contributed by atoms with Crippen molar-refractivity contribution < 1.29 is 9.59 Å². The minimum atomic E-state index is -0.207. The van der Waals surface area contributed by atoms with Crippen molar-refractivity contribution in [3.63, 3.8) is 0 Å². The summed E-state index contributed by atoms with van der Waals surface area (Å²) in [6.45, 7) is 1.43. The van der Waals surface area contributed by atoms with E-state index in [2.05, 4.69) is 10.3 Å². The fourth-order valence-electron chi connectivity index (χ4n) is 2.35. The molecular formula is C17H14N2O2. The van der Waals surface area contributed by atoms with E-state index in [-0.39, 0.29) is 11.7 Å². The second-order valence-electron chi connectivity index (χ2n) is 4.80. The zero-order chi connectivity index (χ0) is 14.8. The first-order valence-electron chi connectivity index (χ1n) is 6.65. The molecule has 0 radical (unpaired) electrons. The minimum absolute atomic E-state index is 0.143. The molecule has 0 fully saturated rings. The summed E-state index contributed by atoms with van der Waals surface area (Å²) in [6, 6.07) is 16.5. The van der Waals surface area contributed by atoms with Gasteiger partial charge in [0.05, 0.1) is 5.69 Å². The third-order valence-electron chi connectivity index (χ3n) is 3.27. The molecule has 1 heterocycles. The molecule has 0 spiro atoms. The summed E-state index contributed by atoms with van der Waals surface area (Å²) in [4.78, 5) is 27.2. The molecule has 0 saturated carbocycles. The Morgan fingerprint density at radius 3 is 2.33 bits per heavy atom. The summed E-state index contributed by atoms with van der Waals surface area (Å²) in [6.07, 6.45) is 0. The molecule has 0 aliphatic heterocycles. The summed E-state index contributed by atoms with van der Waals surface area (Å²) in [7, 11) is 0. The summed E-state index contributed by atoms with van der Waals surface area (Å²) >= 11 is 0. The largest absolute Gasteiger partial charge is 0.350 e. The highest BCUT2D eigenvalue weighted by Gasteiger charge is 2.19. The average molecular weight is 278 g/mol. The molecule has 1 amide bonds.